The summed E-state index contributed by atoms with van der Waals surface area (Å²) >= 11 is 0. The van der Waals surface area contributed by atoms with Crippen molar-refractivity contribution < 1.29 is 19.2 Å². The Bertz CT molecular complexity index is 1210. The van der Waals surface area contributed by atoms with Gasteiger partial charge in [-0.2, -0.15) is 15.0 Å². The van der Waals surface area contributed by atoms with Crippen molar-refractivity contribution in [2.45, 2.75) is 13.5 Å². The summed E-state index contributed by atoms with van der Waals surface area (Å²) in [6, 6.07) is 11.7. The van der Waals surface area contributed by atoms with Gasteiger partial charge in [0.15, 0.2) is 12.4 Å². The molecule has 0 amide bonds. The van der Waals surface area contributed by atoms with Crippen LogP contribution in [0.25, 0.3) is 0 Å². The molecule has 0 radical (unpaired) electrons. The summed E-state index contributed by atoms with van der Waals surface area (Å²) in [6.07, 6.45) is 0. The van der Waals surface area contributed by atoms with E-state index in [-0.39, 0.29) is 35.6 Å². The molecule has 3 aromatic rings. The third-order valence-corrected chi connectivity index (χ3v) is 5.19. The van der Waals surface area contributed by atoms with Crippen LogP contribution in [-0.2, 0) is 16.1 Å². The first kappa shape index (κ1) is 22.9. The summed E-state index contributed by atoms with van der Waals surface area (Å²) in [5, 5.41) is 14.3. The maximum Gasteiger partial charge on any atom is 0.340 e. The Labute approximate surface area is 194 Å². The molecule has 0 bridgehead atoms. The van der Waals surface area contributed by atoms with Gasteiger partial charge in [0.25, 0.3) is 5.69 Å². The monoisotopic (exact) mass is 465 g/mol. The minimum absolute atomic E-state index is 0.0403. The fourth-order valence-electron chi connectivity index (χ4n) is 3.48. The molecule has 1 aliphatic heterocycles. The predicted molar refractivity (Wildman–Crippen MR) is 124 cm³/mol. The number of hydrogen-bond donors (Lipinski definition) is 2. The van der Waals surface area contributed by atoms with Gasteiger partial charge in [-0.25, -0.2) is 4.79 Å². The number of nitrogen functional groups attached to an aromatic ring is 1. The summed E-state index contributed by atoms with van der Waals surface area (Å²) in [6.45, 7) is 3.73. The highest BCUT2D eigenvalue weighted by Gasteiger charge is 2.23. The van der Waals surface area contributed by atoms with E-state index in [0.717, 1.165) is 11.3 Å². The van der Waals surface area contributed by atoms with Crippen molar-refractivity contribution in [3.63, 3.8) is 0 Å². The van der Waals surface area contributed by atoms with Gasteiger partial charge in [0.05, 0.1) is 29.4 Å². The fraction of sp³-hybridized carbons (Fsp3) is 0.273. The topological polar surface area (TPSA) is 159 Å². The average Bonchev–Trinajstić information content (AvgIpc) is 2.84. The van der Waals surface area contributed by atoms with E-state index in [0.29, 0.717) is 32.0 Å². The van der Waals surface area contributed by atoms with Crippen LogP contribution < -0.4 is 16.0 Å². The number of anilines is 4. The largest absolute Gasteiger partial charge is 0.454 e. The lowest BCUT2D eigenvalue weighted by molar-refractivity contribution is -0.384. The SMILES string of the molecule is Cc1ccccc1Nc1nc(N)nc(COC(=O)c2cc([N+](=O)[O-])ccc2N2CCOCC2)n1. The van der Waals surface area contributed by atoms with Gasteiger partial charge in [-0.05, 0) is 24.6 Å². The Morgan fingerprint density at radius 3 is 2.71 bits per heavy atom. The number of carbonyl (C=O) groups excluding carboxylic acids is 1. The van der Waals surface area contributed by atoms with Gasteiger partial charge in [0, 0.05) is 30.9 Å². The van der Waals surface area contributed by atoms with Gasteiger partial charge in [-0.15, -0.1) is 0 Å². The van der Waals surface area contributed by atoms with Gasteiger partial charge in [0.1, 0.15) is 0 Å². The molecule has 0 aliphatic carbocycles. The number of hydrogen-bond acceptors (Lipinski definition) is 11. The number of esters is 1. The normalized spacial score (nSPS) is 13.4. The molecule has 34 heavy (non-hydrogen) atoms. The Hall–Kier alpha value is -4.32. The van der Waals surface area contributed by atoms with E-state index in [1.54, 1.807) is 6.07 Å². The van der Waals surface area contributed by atoms with Gasteiger partial charge in [-0.1, -0.05) is 18.2 Å². The highest BCUT2D eigenvalue weighted by Crippen LogP contribution is 2.27. The number of nitrogens with two attached hydrogens (primary N) is 1. The van der Waals surface area contributed by atoms with Crippen molar-refractivity contribution in [2.24, 2.45) is 0 Å². The molecule has 1 saturated heterocycles. The van der Waals surface area contributed by atoms with Crippen molar-refractivity contribution >= 4 is 34.9 Å². The molecule has 4 rings (SSSR count). The molecule has 2 heterocycles. The van der Waals surface area contributed by atoms with Crippen LogP contribution in [0.3, 0.4) is 0 Å². The molecule has 2 aromatic carbocycles. The van der Waals surface area contributed by atoms with E-state index in [4.69, 9.17) is 15.2 Å². The molecular formula is C22H23N7O5. The lowest BCUT2D eigenvalue weighted by Gasteiger charge is -2.30. The number of carbonyl (C=O) groups is 1. The molecule has 1 aromatic heterocycles. The first-order valence-electron chi connectivity index (χ1n) is 10.5. The van der Waals surface area contributed by atoms with Crippen LogP contribution in [0.2, 0.25) is 0 Å². The Balaban J connectivity index is 1.53. The molecule has 1 aliphatic rings. The van der Waals surface area contributed by atoms with Gasteiger partial charge in [0.2, 0.25) is 11.9 Å². The van der Waals surface area contributed by atoms with E-state index >= 15 is 0 Å². The zero-order valence-corrected chi connectivity index (χ0v) is 18.4. The molecule has 1 fully saturated rings. The molecule has 0 saturated carbocycles. The highest BCUT2D eigenvalue weighted by molar-refractivity contribution is 5.96. The van der Waals surface area contributed by atoms with E-state index in [9.17, 15) is 14.9 Å². The van der Waals surface area contributed by atoms with Crippen molar-refractivity contribution in [2.75, 3.05) is 42.3 Å². The number of nitrogens with zero attached hydrogens (tertiary/aromatic N) is 5. The molecule has 0 unspecified atom stereocenters. The molecular weight excluding hydrogens is 442 g/mol. The van der Waals surface area contributed by atoms with Crippen LogP contribution in [0.5, 0.6) is 0 Å². The van der Waals surface area contributed by atoms with Crippen LogP contribution in [0.4, 0.5) is 29.0 Å². The third-order valence-electron chi connectivity index (χ3n) is 5.19. The Morgan fingerprint density at radius 1 is 1.21 bits per heavy atom. The zero-order chi connectivity index (χ0) is 24.1. The number of nitro benzene ring substituents is 1. The fourth-order valence-corrected chi connectivity index (χ4v) is 3.48. The van der Waals surface area contributed by atoms with Crippen molar-refractivity contribution in [3.8, 4) is 0 Å². The summed E-state index contributed by atoms with van der Waals surface area (Å²) in [5.74, 6) is -0.438. The standard InChI is InChI=1S/C22H23N7O5/c1-14-4-2-3-5-17(14)24-22-26-19(25-21(23)27-22)13-34-20(30)16-12-15(29(31)32)6-7-18(16)28-8-10-33-11-9-28/h2-7,12H,8-11,13H2,1H3,(H3,23,24,25,26,27). The number of benzene rings is 2. The van der Waals surface area contributed by atoms with E-state index in [2.05, 4.69) is 20.3 Å². The average molecular weight is 465 g/mol. The molecule has 0 spiro atoms. The van der Waals surface area contributed by atoms with Crippen LogP contribution >= 0.6 is 0 Å². The summed E-state index contributed by atoms with van der Waals surface area (Å²) < 4.78 is 10.8. The summed E-state index contributed by atoms with van der Waals surface area (Å²) in [5.41, 5.74) is 7.99. The molecule has 12 heteroatoms. The van der Waals surface area contributed by atoms with Gasteiger partial charge >= 0.3 is 5.97 Å². The first-order chi connectivity index (χ1) is 16.4. The number of rotatable bonds is 7. The number of aromatic nitrogens is 3. The molecule has 176 valence electrons. The Kier molecular flexibility index (Phi) is 6.78. The third kappa shape index (κ3) is 5.35. The van der Waals surface area contributed by atoms with Crippen molar-refractivity contribution in [1.82, 2.24) is 15.0 Å². The number of non-ortho nitro benzene ring substituents is 1. The van der Waals surface area contributed by atoms with Crippen LogP contribution in [0.15, 0.2) is 42.5 Å². The summed E-state index contributed by atoms with van der Waals surface area (Å²) in [7, 11) is 0. The maximum atomic E-state index is 12.9. The second-order valence-corrected chi connectivity index (χ2v) is 7.51. The number of para-hydroxylation sites is 1. The quantitative estimate of drug-likeness (QED) is 0.300. The number of aryl methyl sites for hydroxylation is 1. The second-order valence-electron chi connectivity index (χ2n) is 7.51. The molecule has 12 nitrogen and oxygen atoms in total. The van der Waals surface area contributed by atoms with Crippen LogP contribution in [0, 0.1) is 17.0 Å². The van der Waals surface area contributed by atoms with Crippen molar-refractivity contribution in [1.29, 1.82) is 0 Å². The van der Waals surface area contributed by atoms with Crippen LogP contribution in [0.1, 0.15) is 21.7 Å². The van der Waals surface area contributed by atoms with Crippen LogP contribution in [-0.4, -0.2) is 52.1 Å². The Morgan fingerprint density at radius 2 is 1.97 bits per heavy atom. The minimum Gasteiger partial charge on any atom is -0.454 e. The lowest BCUT2D eigenvalue weighted by Crippen LogP contribution is -2.37. The maximum absolute atomic E-state index is 12.9. The molecule has 0 atom stereocenters. The second kappa shape index (κ2) is 10.1. The minimum atomic E-state index is -0.738. The predicted octanol–water partition coefficient (Wildman–Crippen LogP) is 2.61. The van der Waals surface area contributed by atoms with Gasteiger partial charge in [-0.3, -0.25) is 10.1 Å². The number of nitro groups is 1. The smallest absolute Gasteiger partial charge is 0.340 e. The van der Waals surface area contributed by atoms with Crippen molar-refractivity contribution in [3.05, 3.63) is 69.5 Å². The van der Waals surface area contributed by atoms with Gasteiger partial charge < -0.3 is 25.4 Å². The summed E-state index contributed by atoms with van der Waals surface area (Å²) in [4.78, 5) is 37.9. The first-order valence-corrected chi connectivity index (χ1v) is 10.5. The number of morpholine rings is 1. The zero-order valence-electron chi connectivity index (χ0n) is 18.4. The van der Waals surface area contributed by atoms with E-state index < -0.39 is 10.9 Å². The number of nitrogens with one attached hydrogen (secondary N) is 1. The van der Waals surface area contributed by atoms with E-state index in [1.807, 2.05) is 36.1 Å². The lowest BCUT2D eigenvalue weighted by atomic mass is 10.1. The molecule has 3 N–H and O–H groups in total. The number of ether oxygens (including phenoxy) is 2. The highest BCUT2D eigenvalue weighted by atomic mass is 16.6. The van der Waals surface area contributed by atoms with E-state index in [1.165, 1.54) is 12.1 Å².